The molecule has 4 heteroatoms. The second-order valence-electron chi connectivity index (χ2n) is 4.41. The summed E-state index contributed by atoms with van der Waals surface area (Å²) < 4.78 is 3.17. The van der Waals surface area contributed by atoms with E-state index in [-0.39, 0.29) is 14.5 Å². The number of aliphatic hydroxyl groups is 2. The van der Waals surface area contributed by atoms with Crippen LogP contribution in [-0.2, 0) is 11.2 Å². The summed E-state index contributed by atoms with van der Waals surface area (Å²) in [6.07, 6.45) is 0. The minimum absolute atomic E-state index is 0.0764. The predicted molar refractivity (Wildman–Crippen MR) is 66.6 cm³/mol. The Hall–Kier alpha value is 0.649. The van der Waals surface area contributed by atoms with E-state index in [4.69, 9.17) is 0 Å². The molecule has 1 aromatic rings. The van der Waals surface area contributed by atoms with Gasteiger partial charge in [0.2, 0.25) is 0 Å². The van der Waals surface area contributed by atoms with Gasteiger partial charge in [0.05, 0.1) is 0 Å². The van der Waals surface area contributed by atoms with Gasteiger partial charge in [-0.25, -0.2) is 0 Å². The van der Waals surface area contributed by atoms with E-state index in [2.05, 4.69) is 22.6 Å². The molecule has 0 aromatic carbocycles. The Kier molecular flexibility index (Phi) is 3.55. The third-order valence-corrected chi connectivity index (χ3v) is 7.21. The first-order valence-electron chi connectivity index (χ1n) is 4.37. The quantitative estimate of drug-likeness (QED) is 0.614. The molecule has 2 N–H and O–H groups in total. The fourth-order valence-corrected chi connectivity index (χ4v) is 5.31. The monoisotopic (exact) mass is 374 g/mol. The van der Waals surface area contributed by atoms with Gasteiger partial charge in [-0.1, -0.05) is 0 Å². The SMILES string of the molecule is CC(C)(O)c1cc(I)c(C(C)(C)O)[se]1. The molecule has 0 saturated carbocycles. The Bertz CT molecular complexity index is 331. The molecule has 0 aliphatic rings. The van der Waals surface area contributed by atoms with Crippen LogP contribution in [0.15, 0.2) is 6.07 Å². The van der Waals surface area contributed by atoms with Crippen molar-refractivity contribution < 1.29 is 10.2 Å². The van der Waals surface area contributed by atoms with Crippen molar-refractivity contribution in [2.24, 2.45) is 0 Å². The molecule has 1 aromatic heterocycles. The third kappa shape index (κ3) is 2.83. The van der Waals surface area contributed by atoms with Crippen molar-refractivity contribution in [3.63, 3.8) is 0 Å². The Morgan fingerprint density at radius 2 is 1.64 bits per heavy atom. The summed E-state index contributed by atoms with van der Waals surface area (Å²) in [5.74, 6) is 0. The molecule has 0 radical (unpaired) electrons. The van der Waals surface area contributed by atoms with E-state index in [0.717, 1.165) is 12.4 Å². The Labute approximate surface area is 104 Å². The van der Waals surface area contributed by atoms with Crippen LogP contribution in [0.2, 0.25) is 0 Å². The molecule has 0 aliphatic heterocycles. The van der Waals surface area contributed by atoms with Crippen LogP contribution in [0.5, 0.6) is 0 Å². The Morgan fingerprint density at radius 1 is 1.14 bits per heavy atom. The van der Waals surface area contributed by atoms with Crippen LogP contribution in [0.4, 0.5) is 0 Å². The van der Waals surface area contributed by atoms with Gasteiger partial charge in [-0.15, -0.1) is 0 Å². The molecule has 0 atom stereocenters. The molecule has 0 fully saturated rings. The van der Waals surface area contributed by atoms with Crippen molar-refractivity contribution in [1.82, 2.24) is 0 Å². The van der Waals surface area contributed by atoms with Gasteiger partial charge < -0.3 is 0 Å². The van der Waals surface area contributed by atoms with Crippen LogP contribution in [0.3, 0.4) is 0 Å². The second-order valence-corrected chi connectivity index (χ2v) is 7.78. The van der Waals surface area contributed by atoms with Gasteiger partial charge in [0.25, 0.3) is 0 Å². The zero-order chi connectivity index (χ0) is 11.1. The maximum atomic E-state index is 9.91. The first kappa shape index (κ1) is 12.7. The molecule has 14 heavy (non-hydrogen) atoms. The van der Waals surface area contributed by atoms with E-state index in [9.17, 15) is 10.2 Å². The van der Waals surface area contributed by atoms with Crippen LogP contribution in [0.1, 0.15) is 36.6 Å². The third-order valence-electron chi connectivity index (χ3n) is 1.85. The van der Waals surface area contributed by atoms with Crippen molar-refractivity contribution in [3.8, 4) is 0 Å². The van der Waals surface area contributed by atoms with Gasteiger partial charge in [-0.2, -0.15) is 0 Å². The first-order chi connectivity index (χ1) is 6.12. The first-order valence-corrected chi connectivity index (χ1v) is 7.16. The molecule has 80 valence electrons. The molecule has 0 unspecified atom stereocenters. The molecule has 2 nitrogen and oxygen atoms in total. The van der Waals surface area contributed by atoms with Crippen molar-refractivity contribution in [2.45, 2.75) is 38.9 Å². The Balaban J connectivity index is 3.19. The second kappa shape index (κ2) is 3.90. The molecular formula is C10H15IO2Se. The van der Waals surface area contributed by atoms with Gasteiger partial charge in [-0.05, 0) is 0 Å². The van der Waals surface area contributed by atoms with E-state index in [1.54, 1.807) is 27.7 Å². The molecule has 1 heterocycles. The van der Waals surface area contributed by atoms with E-state index in [1.807, 2.05) is 6.07 Å². The summed E-state index contributed by atoms with van der Waals surface area (Å²) in [5.41, 5.74) is -1.52. The van der Waals surface area contributed by atoms with Crippen LogP contribution in [0, 0.1) is 3.57 Å². The van der Waals surface area contributed by atoms with Crippen LogP contribution >= 0.6 is 22.6 Å². The minimum atomic E-state index is -0.764. The molecule has 0 aliphatic carbocycles. The maximum absolute atomic E-state index is 9.91. The molecule has 0 spiro atoms. The molecular weight excluding hydrogens is 358 g/mol. The topological polar surface area (TPSA) is 40.5 Å². The van der Waals surface area contributed by atoms with E-state index in [1.165, 1.54) is 0 Å². The summed E-state index contributed by atoms with van der Waals surface area (Å²) in [4.78, 5) is 0. The average Bonchev–Trinajstić information content (AvgIpc) is 2.27. The number of hydrogen-bond donors (Lipinski definition) is 2. The van der Waals surface area contributed by atoms with Gasteiger partial charge in [-0.3, -0.25) is 0 Å². The molecule has 0 saturated heterocycles. The van der Waals surface area contributed by atoms with Crippen LogP contribution < -0.4 is 0 Å². The average molecular weight is 373 g/mol. The molecule has 0 bridgehead atoms. The summed E-state index contributed by atoms with van der Waals surface area (Å²) >= 11 is 2.30. The Morgan fingerprint density at radius 3 is 1.86 bits per heavy atom. The fraction of sp³-hybridized carbons (Fsp3) is 0.600. The van der Waals surface area contributed by atoms with Gasteiger partial charge in [0, 0.05) is 0 Å². The van der Waals surface area contributed by atoms with Crippen molar-refractivity contribution in [1.29, 1.82) is 0 Å². The number of rotatable bonds is 2. The van der Waals surface area contributed by atoms with Crippen molar-refractivity contribution in [3.05, 3.63) is 18.5 Å². The fourth-order valence-electron chi connectivity index (χ4n) is 1.09. The van der Waals surface area contributed by atoms with E-state index in [0.29, 0.717) is 0 Å². The summed E-state index contributed by atoms with van der Waals surface area (Å²) in [5, 5.41) is 19.8. The number of hydrogen-bond acceptors (Lipinski definition) is 2. The zero-order valence-corrected chi connectivity index (χ0v) is 12.6. The molecule has 0 amide bonds. The van der Waals surface area contributed by atoms with Crippen LogP contribution in [0.25, 0.3) is 0 Å². The normalized spacial score (nSPS) is 13.4. The van der Waals surface area contributed by atoms with Gasteiger partial charge in [0.1, 0.15) is 0 Å². The zero-order valence-electron chi connectivity index (χ0n) is 8.76. The summed E-state index contributed by atoms with van der Waals surface area (Å²) in [7, 11) is 0. The van der Waals surface area contributed by atoms with Gasteiger partial charge >= 0.3 is 105 Å². The molecule has 1 rings (SSSR count). The van der Waals surface area contributed by atoms with Crippen molar-refractivity contribution >= 4 is 37.1 Å². The predicted octanol–water partition coefficient (Wildman–Crippen LogP) is 1.80. The van der Waals surface area contributed by atoms with Crippen molar-refractivity contribution in [2.75, 3.05) is 0 Å². The van der Waals surface area contributed by atoms with E-state index < -0.39 is 11.2 Å². The summed E-state index contributed by atoms with van der Waals surface area (Å²) in [6.45, 7) is 7.17. The van der Waals surface area contributed by atoms with E-state index >= 15 is 0 Å². The number of halogens is 1. The van der Waals surface area contributed by atoms with Crippen LogP contribution in [-0.4, -0.2) is 24.7 Å². The standard InChI is InChI=1S/C10H15IO2Se/c1-9(2,12)7-5-6(11)8(14-7)10(3,4)13/h5,12-13H,1-4H3. The van der Waals surface area contributed by atoms with Gasteiger partial charge in [0.15, 0.2) is 0 Å². The summed E-state index contributed by atoms with van der Waals surface area (Å²) in [6, 6.07) is 1.99.